The van der Waals surface area contributed by atoms with Gasteiger partial charge in [0.15, 0.2) is 0 Å². The predicted molar refractivity (Wildman–Crippen MR) is 117 cm³/mol. The minimum absolute atomic E-state index is 0.0305. The number of carbonyl (C=O) groups excluding carboxylic acids is 2. The highest BCUT2D eigenvalue weighted by atomic mass is 79.9. The largest absolute Gasteiger partial charge is 0.444 e. The van der Waals surface area contributed by atoms with Crippen molar-refractivity contribution >= 4 is 33.7 Å². The van der Waals surface area contributed by atoms with Crippen molar-refractivity contribution in [3.05, 3.63) is 22.8 Å². The van der Waals surface area contributed by atoms with E-state index in [0.29, 0.717) is 18.8 Å². The van der Waals surface area contributed by atoms with Crippen LogP contribution in [-0.2, 0) is 9.53 Å². The molecule has 0 aliphatic carbocycles. The normalized spacial score (nSPS) is 15.8. The Morgan fingerprint density at radius 3 is 2.41 bits per heavy atom. The Bertz CT molecular complexity index is 687. The highest BCUT2D eigenvalue weighted by Crippen LogP contribution is 2.13. The second-order valence-electron chi connectivity index (χ2n) is 8.24. The van der Waals surface area contributed by atoms with E-state index >= 15 is 0 Å². The number of nitrogens with zero attached hydrogens (tertiary/aromatic N) is 4. The van der Waals surface area contributed by atoms with E-state index in [2.05, 4.69) is 36.0 Å². The molecule has 1 N–H and O–H groups in total. The van der Waals surface area contributed by atoms with Crippen molar-refractivity contribution in [3.63, 3.8) is 0 Å². The van der Waals surface area contributed by atoms with Crippen LogP contribution >= 0.6 is 15.9 Å². The zero-order chi connectivity index (χ0) is 21.4. The number of nitrogens with one attached hydrogen (secondary N) is 1. The van der Waals surface area contributed by atoms with Gasteiger partial charge in [0.05, 0.1) is 0 Å². The maximum Gasteiger partial charge on any atom is 0.410 e. The number of halogens is 1. The lowest BCUT2D eigenvalue weighted by molar-refractivity contribution is -0.116. The SMILES string of the molecule is CN(CCN1CCN(CCC(=O)Nc2cc(Br)ccn2)CC1)C(=O)OC(C)(C)C. The fourth-order valence-corrected chi connectivity index (χ4v) is 3.23. The molecule has 0 aromatic carbocycles. The van der Waals surface area contributed by atoms with E-state index in [1.165, 1.54) is 0 Å². The van der Waals surface area contributed by atoms with E-state index in [-0.39, 0.29) is 12.0 Å². The maximum atomic E-state index is 12.1. The number of carbonyl (C=O) groups is 2. The molecule has 1 fully saturated rings. The predicted octanol–water partition coefficient (Wildman–Crippen LogP) is 2.66. The second kappa shape index (κ2) is 10.9. The molecule has 0 unspecified atom stereocenters. The highest BCUT2D eigenvalue weighted by Gasteiger charge is 2.21. The summed E-state index contributed by atoms with van der Waals surface area (Å²) in [4.78, 5) is 34.5. The molecule has 0 bridgehead atoms. The van der Waals surface area contributed by atoms with Crippen LogP contribution in [0.3, 0.4) is 0 Å². The third kappa shape index (κ3) is 9.10. The maximum absolute atomic E-state index is 12.1. The summed E-state index contributed by atoms with van der Waals surface area (Å²) < 4.78 is 6.26. The first-order valence-electron chi connectivity index (χ1n) is 9.92. The first-order valence-corrected chi connectivity index (χ1v) is 10.7. The first-order chi connectivity index (χ1) is 13.6. The van der Waals surface area contributed by atoms with Gasteiger partial charge in [-0.2, -0.15) is 0 Å². The van der Waals surface area contributed by atoms with Crippen molar-refractivity contribution in [3.8, 4) is 0 Å². The Kier molecular flexibility index (Phi) is 8.85. The van der Waals surface area contributed by atoms with Gasteiger partial charge in [-0.05, 0) is 32.9 Å². The molecule has 0 radical (unpaired) electrons. The molecule has 2 amide bonds. The third-order valence-electron chi connectivity index (χ3n) is 4.57. The quantitative estimate of drug-likeness (QED) is 0.661. The van der Waals surface area contributed by atoms with Crippen molar-refractivity contribution in [1.82, 2.24) is 19.7 Å². The summed E-state index contributed by atoms with van der Waals surface area (Å²) in [5.74, 6) is 0.528. The van der Waals surface area contributed by atoms with Gasteiger partial charge in [0.25, 0.3) is 0 Å². The molecule has 0 spiro atoms. The molecule has 2 heterocycles. The Balaban J connectivity index is 1.62. The fraction of sp³-hybridized carbons (Fsp3) is 0.650. The number of pyridine rings is 1. The van der Waals surface area contributed by atoms with E-state index < -0.39 is 5.60 Å². The summed E-state index contributed by atoms with van der Waals surface area (Å²) in [5.41, 5.74) is -0.476. The lowest BCUT2D eigenvalue weighted by Gasteiger charge is -2.35. The van der Waals surface area contributed by atoms with Gasteiger partial charge >= 0.3 is 6.09 Å². The van der Waals surface area contributed by atoms with Crippen LogP contribution in [0.25, 0.3) is 0 Å². The Morgan fingerprint density at radius 1 is 1.21 bits per heavy atom. The number of piperazine rings is 1. The molecular weight excluding hydrogens is 438 g/mol. The Hall–Kier alpha value is -1.71. The number of ether oxygens (including phenoxy) is 1. The minimum atomic E-state index is -0.476. The van der Waals surface area contributed by atoms with Gasteiger partial charge in [-0.1, -0.05) is 15.9 Å². The number of rotatable bonds is 7. The van der Waals surface area contributed by atoms with Gasteiger partial charge < -0.3 is 19.9 Å². The first kappa shape index (κ1) is 23.6. The summed E-state index contributed by atoms with van der Waals surface area (Å²) in [6.45, 7) is 11.5. The van der Waals surface area contributed by atoms with Crippen LogP contribution in [0, 0.1) is 0 Å². The molecule has 0 atom stereocenters. The summed E-state index contributed by atoms with van der Waals surface area (Å²) in [5, 5.41) is 2.82. The van der Waals surface area contributed by atoms with Crippen LogP contribution in [-0.4, -0.2) is 90.1 Å². The number of aromatic nitrogens is 1. The Morgan fingerprint density at radius 2 is 1.83 bits per heavy atom. The standard InChI is InChI=1S/C20H32BrN5O3/c1-20(2,3)29-19(28)24(4)9-10-26-13-11-25(12-14-26)8-6-18(27)23-17-15-16(21)5-7-22-17/h5,7,15H,6,8-14H2,1-4H3,(H,22,23,27). The number of anilines is 1. The van der Waals surface area contributed by atoms with Crippen molar-refractivity contribution in [1.29, 1.82) is 0 Å². The van der Waals surface area contributed by atoms with Crippen molar-refractivity contribution in [2.75, 3.05) is 58.2 Å². The molecule has 162 valence electrons. The number of likely N-dealkylation sites (N-methyl/N-ethyl adjacent to an activating group) is 1. The van der Waals surface area contributed by atoms with Crippen molar-refractivity contribution in [2.24, 2.45) is 0 Å². The smallest absolute Gasteiger partial charge is 0.410 e. The van der Waals surface area contributed by atoms with Crippen LogP contribution in [0.2, 0.25) is 0 Å². The molecule has 0 saturated carbocycles. The summed E-state index contributed by atoms with van der Waals surface area (Å²) >= 11 is 3.37. The number of amides is 2. The molecule has 8 nitrogen and oxygen atoms in total. The average molecular weight is 470 g/mol. The molecule has 29 heavy (non-hydrogen) atoms. The van der Waals surface area contributed by atoms with E-state index in [0.717, 1.165) is 43.7 Å². The lowest BCUT2D eigenvalue weighted by atomic mass is 10.2. The fourth-order valence-electron chi connectivity index (χ4n) is 2.90. The molecule has 2 rings (SSSR count). The van der Waals surface area contributed by atoms with E-state index in [9.17, 15) is 9.59 Å². The zero-order valence-electron chi connectivity index (χ0n) is 17.8. The van der Waals surface area contributed by atoms with Crippen LogP contribution in [0.15, 0.2) is 22.8 Å². The lowest BCUT2D eigenvalue weighted by Crippen LogP contribution is -2.49. The number of hydrogen-bond donors (Lipinski definition) is 1. The minimum Gasteiger partial charge on any atom is -0.444 e. The van der Waals surface area contributed by atoms with Crippen molar-refractivity contribution in [2.45, 2.75) is 32.8 Å². The van der Waals surface area contributed by atoms with Crippen LogP contribution in [0.5, 0.6) is 0 Å². The van der Waals surface area contributed by atoms with Gasteiger partial charge in [0.2, 0.25) is 5.91 Å². The third-order valence-corrected chi connectivity index (χ3v) is 5.06. The van der Waals surface area contributed by atoms with Crippen LogP contribution in [0.4, 0.5) is 10.6 Å². The monoisotopic (exact) mass is 469 g/mol. The highest BCUT2D eigenvalue weighted by molar-refractivity contribution is 9.10. The molecule has 1 aliphatic heterocycles. The number of hydrogen-bond acceptors (Lipinski definition) is 6. The average Bonchev–Trinajstić information content (AvgIpc) is 2.64. The summed E-state index contributed by atoms with van der Waals surface area (Å²) in [7, 11) is 1.77. The van der Waals surface area contributed by atoms with Crippen LogP contribution < -0.4 is 5.32 Å². The molecule has 1 aliphatic rings. The van der Waals surface area contributed by atoms with E-state index in [1.807, 2.05) is 26.8 Å². The summed E-state index contributed by atoms with van der Waals surface area (Å²) in [6.07, 6.45) is 1.80. The molecule has 1 aromatic rings. The molecular formula is C20H32BrN5O3. The zero-order valence-corrected chi connectivity index (χ0v) is 19.4. The summed E-state index contributed by atoms with van der Waals surface area (Å²) in [6, 6.07) is 3.60. The van der Waals surface area contributed by atoms with E-state index in [4.69, 9.17) is 4.74 Å². The van der Waals surface area contributed by atoms with Crippen molar-refractivity contribution < 1.29 is 14.3 Å². The van der Waals surface area contributed by atoms with Gasteiger partial charge in [-0.3, -0.25) is 9.69 Å². The van der Waals surface area contributed by atoms with Gasteiger partial charge in [-0.25, -0.2) is 9.78 Å². The second-order valence-corrected chi connectivity index (χ2v) is 9.16. The Labute approximate surface area is 181 Å². The van der Waals surface area contributed by atoms with E-state index in [1.54, 1.807) is 24.2 Å². The van der Waals surface area contributed by atoms with Crippen LogP contribution in [0.1, 0.15) is 27.2 Å². The molecule has 9 heteroatoms. The molecule has 1 aromatic heterocycles. The van der Waals surface area contributed by atoms with Gasteiger partial charge in [0, 0.05) is 70.0 Å². The van der Waals surface area contributed by atoms with Gasteiger partial charge in [0.1, 0.15) is 11.4 Å². The van der Waals surface area contributed by atoms with Gasteiger partial charge in [-0.15, -0.1) is 0 Å². The topological polar surface area (TPSA) is 78.0 Å². The molecule has 1 saturated heterocycles.